The van der Waals surface area contributed by atoms with Gasteiger partial charge in [-0.2, -0.15) is 0 Å². The van der Waals surface area contributed by atoms with Gasteiger partial charge in [-0.25, -0.2) is 0 Å². The van der Waals surface area contributed by atoms with Crippen LogP contribution in [0.5, 0.6) is 0 Å². The van der Waals surface area contributed by atoms with Crippen LogP contribution in [0.4, 0.5) is 0 Å². The van der Waals surface area contributed by atoms with Crippen LogP contribution in [-0.4, -0.2) is 0 Å². The van der Waals surface area contributed by atoms with Crippen molar-refractivity contribution in [3.63, 3.8) is 0 Å². The van der Waals surface area contributed by atoms with Gasteiger partial charge in [-0.15, -0.1) is 0 Å². The molecule has 0 saturated heterocycles. The molecule has 0 saturated carbocycles. The third-order valence-corrected chi connectivity index (χ3v) is 2.30. The molecule has 0 aromatic rings. The van der Waals surface area contributed by atoms with Gasteiger partial charge >= 0.3 is 0 Å². The van der Waals surface area contributed by atoms with Gasteiger partial charge in [-0.1, -0.05) is 27.7 Å². The van der Waals surface area contributed by atoms with E-state index in [0.29, 0.717) is 11.8 Å². The predicted molar refractivity (Wildman–Crippen MR) is 42.8 cm³/mol. The lowest BCUT2D eigenvalue weighted by Gasteiger charge is -2.33. The quantitative estimate of drug-likeness (QED) is 0.533. The average Bonchev–Trinajstić information content (AvgIpc) is 1.65. The fourth-order valence-corrected chi connectivity index (χ4v) is 0.667. The Balaban J connectivity index is 4.01. The zero-order valence-corrected chi connectivity index (χ0v) is 7.07. The van der Waals surface area contributed by atoms with Gasteiger partial charge in [0.15, 0.2) is 0 Å². The summed E-state index contributed by atoms with van der Waals surface area (Å²) in [6, 6.07) is 0. The molecular formula is C9H18. The first-order valence-corrected chi connectivity index (χ1v) is 3.59. The zero-order chi connectivity index (χ0) is 7.65. The first kappa shape index (κ1) is 9.00. The monoisotopic (exact) mass is 126 g/mol. The molecule has 0 atom stereocenters. The summed E-state index contributed by atoms with van der Waals surface area (Å²) in [5, 5.41) is 0. The lowest BCUT2D eigenvalue weighted by atomic mass is 9.72. The molecule has 0 fully saturated rings. The van der Waals surface area contributed by atoms with E-state index in [1.807, 2.05) is 0 Å². The summed E-state index contributed by atoms with van der Waals surface area (Å²) in [7, 11) is 0. The highest BCUT2D eigenvalue weighted by Gasteiger charge is 2.25. The SMILES string of the molecule is [CH2]C([CH2])(C(C)C)C(C)C. The molecule has 9 heavy (non-hydrogen) atoms. The van der Waals surface area contributed by atoms with Gasteiger partial charge in [0.25, 0.3) is 0 Å². The van der Waals surface area contributed by atoms with Crippen LogP contribution < -0.4 is 0 Å². The zero-order valence-electron chi connectivity index (χ0n) is 7.07. The summed E-state index contributed by atoms with van der Waals surface area (Å²) < 4.78 is 0. The minimum absolute atomic E-state index is 0.000000000000000222. The Bertz CT molecular complexity index is 68.0. The summed E-state index contributed by atoms with van der Waals surface area (Å²) in [4.78, 5) is 0. The molecule has 0 N–H and O–H groups in total. The third-order valence-electron chi connectivity index (χ3n) is 2.30. The number of rotatable bonds is 2. The Labute approximate surface area is 59.7 Å². The molecule has 0 aliphatic carbocycles. The van der Waals surface area contributed by atoms with Crippen LogP contribution in [0, 0.1) is 31.1 Å². The van der Waals surface area contributed by atoms with Gasteiger partial charge in [-0.05, 0) is 31.1 Å². The van der Waals surface area contributed by atoms with E-state index in [9.17, 15) is 0 Å². The Hall–Kier alpha value is 0. The van der Waals surface area contributed by atoms with E-state index in [0.717, 1.165) is 0 Å². The molecule has 0 aliphatic heterocycles. The highest BCUT2D eigenvalue weighted by atomic mass is 14.3. The molecule has 0 aliphatic rings. The van der Waals surface area contributed by atoms with Crippen LogP contribution in [0.15, 0.2) is 0 Å². The molecule has 0 spiro atoms. The molecule has 0 heteroatoms. The standard InChI is InChI=1S/C9H18/c1-7(2)9(5,6)8(3)4/h7-8H,5-6H2,1-4H3. The lowest BCUT2D eigenvalue weighted by Crippen LogP contribution is -2.26. The highest BCUT2D eigenvalue weighted by molar-refractivity contribution is 4.89. The molecule has 0 rings (SSSR count). The van der Waals surface area contributed by atoms with E-state index in [1.54, 1.807) is 0 Å². The molecule has 0 amide bonds. The highest BCUT2D eigenvalue weighted by Crippen LogP contribution is 2.32. The first-order valence-electron chi connectivity index (χ1n) is 3.59. The maximum Gasteiger partial charge on any atom is -0.0251 e. The van der Waals surface area contributed by atoms with Crippen LogP contribution in [0.3, 0.4) is 0 Å². The van der Waals surface area contributed by atoms with Crippen molar-refractivity contribution in [2.24, 2.45) is 17.3 Å². The van der Waals surface area contributed by atoms with Crippen LogP contribution in [0.2, 0.25) is 0 Å². The molecule has 2 radical (unpaired) electrons. The molecule has 0 heterocycles. The van der Waals surface area contributed by atoms with Crippen molar-refractivity contribution in [3.05, 3.63) is 13.8 Å². The van der Waals surface area contributed by atoms with Crippen molar-refractivity contribution in [2.75, 3.05) is 0 Å². The van der Waals surface area contributed by atoms with E-state index in [-0.39, 0.29) is 5.41 Å². The van der Waals surface area contributed by atoms with Crippen molar-refractivity contribution >= 4 is 0 Å². The lowest BCUT2D eigenvalue weighted by molar-refractivity contribution is 0.241. The molecule has 0 bridgehead atoms. The van der Waals surface area contributed by atoms with Gasteiger partial charge < -0.3 is 0 Å². The maximum absolute atomic E-state index is 4.06. The van der Waals surface area contributed by atoms with Crippen molar-refractivity contribution < 1.29 is 0 Å². The summed E-state index contributed by atoms with van der Waals surface area (Å²) in [5.41, 5.74) is 0.000000000000000222. The van der Waals surface area contributed by atoms with Gasteiger partial charge in [0.05, 0.1) is 0 Å². The molecule has 54 valence electrons. The molecule has 0 nitrogen and oxygen atoms in total. The van der Waals surface area contributed by atoms with Crippen molar-refractivity contribution in [1.82, 2.24) is 0 Å². The Morgan fingerprint density at radius 1 is 0.889 bits per heavy atom. The normalized spacial score (nSPS) is 13.3. The van der Waals surface area contributed by atoms with Crippen LogP contribution in [0.25, 0.3) is 0 Å². The van der Waals surface area contributed by atoms with Gasteiger partial charge in [-0.3, -0.25) is 0 Å². The second-order valence-corrected chi connectivity index (χ2v) is 3.54. The van der Waals surface area contributed by atoms with Crippen LogP contribution >= 0.6 is 0 Å². The van der Waals surface area contributed by atoms with E-state index < -0.39 is 0 Å². The largest absolute Gasteiger partial charge is 0.0622 e. The predicted octanol–water partition coefficient (Wildman–Crippen LogP) is 2.95. The number of hydrogen-bond acceptors (Lipinski definition) is 0. The second kappa shape index (κ2) is 2.72. The Morgan fingerprint density at radius 2 is 1.11 bits per heavy atom. The van der Waals surface area contributed by atoms with Crippen molar-refractivity contribution in [2.45, 2.75) is 27.7 Å². The fraction of sp³-hybridized carbons (Fsp3) is 0.778. The molecule has 0 aromatic heterocycles. The summed E-state index contributed by atoms with van der Waals surface area (Å²) in [6.45, 7) is 16.8. The Morgan fingerprint density at radius 3 is 1.11 bits per heavy atom. The fourth-order valence-electron chi connectivity index (χ4n) is 0.667. The summed E-state index contributed by atoms with van der Waals surface area (Å²) in [6.07, 6.45) is 0. The van der Waals surface area contributed by atoms with Crippen molar-refractivity contribution in [3.8, 4) is 0 Å². The van der Waals surface area contributed by atoms with E-state index in [2.05, 4.69) is 41.5 Å². The van der Waals surface area contributed by atoms with E-state index in [1.165, 1.54) is 0 Å². The molecule has 0 aromatic carbocycles. The minimum Gasteiger partial charge on any atom is -0.0622 e. The topological polar surface area (TPSA) is 0 Å². The first-order chi connectivity index (χ1) is 3.89. The summed E-state index contributed by atoms with van der Waals surface area (Å²) >= 11 is 0. The minimum atomic E-state index is 0.000000000000000222. The van der Waals surface area contributed by atoms with Gasteiger partial charge in [0.1, 0.15) is 0 Å². The second-order valence-electron chi connectivity index (χ2n) is 3.54. The van der Waals surface area contributed by atoms with E-state index >= 15 is 0 Å². The molecule has 0 unspecified atom stereocenters. The van der Waals surface area contributed by atoms with E-state index in [4.69, 9.17) is 0 Å². The van der Waals surface area contributed by atoms with Gasteiger partial charge in [0, 0.05) is 0 Å². The smallest absolute Gasteiger partial charge is 0.0251 e. The van der Waals surface area contributed by atoms with Crippen molar-refractivity contribution in [1.29, 1.82) is 0 Å². The van der Waals surface area contributed by atoms with Crippen LogP contribution in [0.1, 0.15) is 27.7 Å². The maximum atomic E-state index is 4.06. The van der Waals surface area contributed by atoms with Gasteiger partial charge in [0.2, 0.25) is 0 Å². The average molecular weight is 126 g/mol. The third kappa shape index (κ3) is 2.00. The number of hydrogen-bond donors (Lipinski definition) is 0. The summed E-state index contributed by atoms with van der Waals surface area (Å²) in [5.74, 6) is 1.13. The Kier molecular flexibility index (Phi) is 2.72. The van der Waals surface area contributed by atoms with Crippen LogP contribution in [-0.2, 0) is 0 Å². The molecular weight excluding hydrogens is 108 g/mol.